The molecule has 138 valence electrons. The summed E-state index contributed by atoms with van der Waals surface area (Å²) in [6, 6.07) is 4.19. The van der Waals surface area contributed by atoms with Crippen LogP contribution in [0.5, 0.6) is 0 Å². The first kappa shape index (κ1) is 19.5. The normalized spacial score (nSPS) is 20.4. The Labute approximate surface area is 151 Å². The van der Waals surface area contributed by atoms with Gasteiger partial charge in [0.05, 0.1) is 0 Å². The quantitative estimate of drug-likeness (QED) is 0.844. The summed E-state index contributed by atoms with van der Waals surface area (Å²) in [6.45, 7) is 11.0. The molecule has 0 aromatic heterocycles. The van der Waals surface area contributed by atoms with Crippen LogP contribution in [0.4, 0.5) is 5.69 Å². The van der Waals surface area contributed by atoms with Crippen LogP contribution in [0, 0.1) is 38.5 Å². The maximum Gasteiger partial charge on any atom is 0.227 e. The number of aryl methyl sites for hydroxylation is 3. The lowest BCUT2D eigenvalue weighted by Gasteiger charge is -2.27. The highest BCUT2D eigenvalue weighted by atomic mass is 16.2. The van der Waals surface area contributed by atoms with Gasteiger partial charge in [-0.2, -0.15) is 0 Å². The van der Waals surface area contributed by atoms with Gasteiger partial charge in [0.15, 0.2) is 0 Å². The SMILES string of the molecule is Cc1cc(C)c(NC(=O)C2CCC(C(=O)NCC(C)C)CC2)c(C)c1. The molecule has 1 aliphatic rings. The minimum Gasteiger partial charge on any atom is -0.356 e. The number of amides is 2. The standard InChI is InChI=1S/C21H32N2O2/c1-13(2)12-22-20(24)17-6-8-18(9-7-17)21(25)23-19-15(4)10-14(3)11-16(19)5/h10-11,13,17-18H,6-9,12H2,1-5H3,(H,22,24)(H,23,25). The Hall–Kier alpha value is -1.84. The first-order chi connectivity index (χ1) is 11.8. The van der Waals surface area contributed by atoms with Gasteiger partial charge in [-0.1, -0.05) is 31.5 Å². The van der Waals surface area contributed by atoms with Crippen molar-refractivity contribution in [2.24, 2.45) is 17.8 Å². The molecule has 25 heavy (non-hydrogen) atoms. The fraction of sp³-hybridized carbons (Fsp3) is 0.619. The molecule has 1 aliphatic carbocycles. The number of benzene rings is 1. The highest BCUT2D eigenvalue weighted by Crippen LogP contribution is 2.31. The van der Waals surface area contributed by atoms with Crippen LogP contribution in [0.25, 0.3) is 0 Å². The Balaban J connectivity index is 1.88. The average Bonchev–Trinajstić information content (AvgIpc) is 2.55. The molecule has 4 nitrogen and oxygen atoms in total. The maximum absolute atomic E-state index is 12.6. The number of carbonyl (C=O) groups is 2. The number of hydrogen-bond acceptors (Lipinski definition) is 2. The summed E-state index contributed by atoms with van der Waals surface area (Å²) >= 11 is 0. The van der Waals surface area contributed by atoms with Crippen LogP contribution in [-0.2, 0) is 9.59 Å². The zero-order valence-electron chi connectivity index (χ0n) is 16.2. The predicted octanol–water partition coefficient (Wildman–Crippen LogP) is 4.13. The maximum atomic E-state index is 12.6. The number of hydrogen-bond donors (Lipinski definition) is 2. The van der Waals surface area contributed by atoms with Crippen molar-refractivity contribution in [3.05, 3.63) is 28.8 Å². The van der Waals surface area contributed by atoms with Gasteiger partial charge < -0.3 is 10.6 Å². The molecule has 1 aromatic rings. The Morgan fingerprint density at radius 2 is 1.44 bits per heavy atom. The Kier molecular flexibility index (Phi) is 6.63. The van der Waals surface area contributed by atoms with Crippen molar-refractivity contribution < 1.29 is 9.59 Å². The van der Waals surface area contributed by atoms with Crippen molar-refractivity contribution in [1.82, 2.24) is 5.32 Å². The van der Waals surface area contributed by atoms with Crippen LogP contribution in [0.15, 0.2) is 12.1 Å². The average molecular weight is 344 g/mol. The fourth-order valence-electron chi connectivity index (χ4n) is 3.67. The molecule has 1 fully saturated rings. The van der Waals surface area contributed by atoms with Gasteiger partial charge in [0.25, 0.3) is 0 Å². The zero-order chi connectivity index (χ0) is 18.6. The molecule has 1 saturated carbocycles. The van der Waals surface area contributed by atoms with Crippen LogP contribution < -0.4 is 10.6 Å². The number of anilines is 1. The Morgan fingerprint density at radius 1 is 0.960 bits per heavy atom. The van der Waals surface area contributed by atoms with Crippen molar-refractivity contribution in [2.75, 3.05) is 11.9 Å². The minimum absolute atomic E-state index is 0.00857. The molecule has 0 bridgehead atoms. The van der Waals surface area contributed by atoms with E-state index >= 15 is 0 Å². The predicted molar refractivity (Wildman–Crippen MR) is 103 cm³/mol. The van der Waals surface area contributed by atoms with Gasteiger partial charge in [-0.15, -0.1) is 0 Å². The van der Waals surface area contributed by atoms with Crippen molar-refractivity contribution in [3.8, 4) is 0 Å². The lowest BCUT2D eigenvalue weighted by molar-refractivity contribution is -0.128. The van der Waals surface area contributed by atoms with Gasteiger partial charge >= 0.3 is 0 Å². The summed E-state index contributed by atoms with van der Waals surface area (Å²) in [6.07, 6.45) is 3.17. The Bertz CT molecular complexity index is 606. The first-order valence-corrected chi connectivity index (χ1v) is 9.44. The molecular formula is C21H32N2O2. The summed E-state index contributed by atoms with van der Waals surface area (Å²) in [5.41, 5.74) is 4.36. The lowest BCUT2D eigenvalue weighted by Crippen LogP contribution is -2.37. The van der Waals surface area contributed by atoms with E-state index in [1.54, 1.807) is 0 Å². The molecule has 2 rings (SSSR count). The van der Waals surface area contributed by atoms with Crippen LogP contribution in [-0.4, -0.2) is 18.4 Å². The number of carbonyl (C=O) groups excluding carboxylic acids is 2. The number of nitrogens with one attached hydrogen (secondary N) is 2. The molecule has 2 N–H and O–H groups in total. The summed E-state index contributed by atoms with van der Waals surface area (Å²) in [7, 11) is 0. The van der Waals surface area contributed by atoms with Gasteiger partial charge in [-0.25, -0.2) is 0 Å². The van der Waals surface area contributed by atoms with Crippen LogP contribution in [0.1, 0.15) is 56.2 Å². The second-order valence-corrected chi connectivity index (χ2v) is 7.95. The molecular weight excluding hydrogens is 312 g/mol. The zero-order valence-corrected chi connectivity index (χ0v) is 16.2. The fourth-order valence-corrected chi connectivity index (χ4v) is 3.67. The van der Waals surface area contributed by atoms with E-state index in [1.165, 1.54) is 5.56 Å². The molecule has 1 aromatic carbocycles. The van der Waals surface area contributed by atoms with E-state index in [2.05, 4.69) is 43.5 Å². The Morgan fingerprint density at radius 3 is 1.92 bits per heavy atom. The van der Waals surface area contributed by atoms with Crippen molar-refractivity contribution >= 4 is 17.5 Å². The second kappa shape index (κ2) is 8.50. The largest absolute Gasteiger partial charge is 0.356 e. The highest BCUT2D eigenvalue weighted by molar-refractivity contribution is 5.94. The molecule has 4 heteroatoms. The van der Waals surface area contributed by atoms with Gasteiger partial charge in [-0.3, -0.25) is 9.59 Å². The van der Waals surface area contributed by atoms with E-state index in [4.69, 9.17) is 0 Å². The van der Waals surface area contributed by atoms with Crippen molar-refractivity contribution in [1.29, 1.82) is 0 Å². The minimum atomic E-state index is 0.00857. The lowest BCUT2D eigenvalue weighted by atomic mass is 9.81. The summed E-state index contributed by atoms with van der Waals surface area (Å²) < 4.78 is 0. The molecule has 2 amide bonds. The summed E-state index contributed by atoms with van der Waals surface area (Å²) in [5.74, 6) is 0.779. The molecule has 0 spiro atoms. The number of rotatable bonds is 5. The van der Waals surface area contributed by atoms with Gasteiger partial charge in [0.2, 0.25) is 11.8 Å². The topological polar surface area (TPSA) is 58.2 Å². The molecule has 0 saturated heterocycles. The molecule has 0 heterocycles. The highest BCUT2D eigenvalue weighted by Gasteiger charge is 2.30. The van der Waals surface area contributed by atoms with E-state index < -0.39 is 0 Å². The second-order valence-electron chi connectivity index (χ2n) is 7.95. The molecule has 0 atom stereocenters. The van der Waals surface area contributed by atoms with E-state index in [-0.39, 0.29) is 23.7 Å². The van der Waals surface area contributed by atoms with Crippen molar-refractivity contribution in [2.45, 2.75) is 60.3 Å². The summed E-state index contributed by atoms with van der Waals surface area (Å²) in [4.78, 5) is 24.8. The van der Waals surface area contributed by atoms with Gasteiger partial charge in [0.1, 0.15) is 0 Å². The van der Waals surface area contributed by atoms with E-state index in [0.29, 0.717) is 5.92 Å². The first-order valence-electron chi connectivity index (χ1n) is 9.44. The third-order valence-electron chi connectivity index (χ3n) is 5.08. The summed E-state index contributed by atoms with van der Waals surface area (Å²) in [5, 5.41) is 6.14. The van der Waals surface area contributed by atoms with Crippen LogP contribution in [0.3, 0.4) is 0 Å². The molecule has 0 aliphatic heterocycles. The van der Waals surface area contributed by atoms with E-state index in [1.807, 2.05) is 13.8 Å². The third-order valence-corrected chi connectivity index (χ3v) is 5.08. The van der Waals surface area contributed by atoms with Crippen LogP contribution >= 0.6 is 0 Å². The monoisotopic (exact) mass is 344 g/mol. The van der Waals surface area contributed by atoms with E-state index in [9.17, 15) is 9.59 Å². The molecule has 0 radical (unpaired) electrons. The van der Waals surface area contributed by atoms with Gasteiger partial charge in [0, 0.05) is 24.1 Å². The van der Waals surface area contributed by atoms with E-state index in [0.717, 1.165) is 49.0 Å². The van der Waals surface area contributed by atoms with Crippen molar-refractivity contribution in [3.63, 3.8) is 0 Å². The smallest absolute Gasteiger partial charge is 0.227 e. The third kappa shape index (κ3) is 5.32. The molecule has 0 unspecified atom stereocenters. The van der Waals surface area contributed by atoms with Crippen LogP contribution in [0.2, 0.25) is 0 Å². The van der Waals surface area contributed by atoms with Gasteiger partial charge in [-0.05, 0) is 63.5 Å².